The van der Waals surface area contributed by atoms with Crippen LogP contribution in [0.2, 0.25) is 0 Å². The van der Waals surface area contributed by atoms with E-state index < -0.39 is 5.97 Å². The summed E-state index contributed by atoms with van der Waals surface area (Å²) in [6, 6.07) is 5.58. The average molecular weight is 418 g/mol. The van der Waals surface area contributed by atoms with Crippen LogP contribution < -0.4 is 14.8 Å². The van der Waals surface area contributed by atoms with E-state index >= 15 is 0 Å². The van der Waals surface area contributed by atoms with E-state index in [1.165, 1.54) is 20.0 Å². The van der Waals surface area contributed by atoms with Gasteiger partial charge in [0.15, 0.2) is 18.1 Å². The number of hydrogen-bond donors (Lipinski definition) is 1. The number of benzene rings is 1. The molecule has 1 saturated carbocycles. The maximum Gasteiger partial charge on any atom is 0.344 e. The topological polar surface area (TPSA) is 73.9 Å². The molecule has 0 aromatic heterocycles. The van der Waals surface area contributed by atoms with Crippen LogP contribution in [0.1, 0.15) is 64.4 Å². The molecule has 1 aromatic carbocycles. The molecule has 0 heterocycles. The first-order valence-corrected chi connectivity index (χ1v) is 11.0. The molecule has 0 radical (unpaired) electrons. The Morgan fingerprint density at radius 1 is 1.13 bits per heavy atom. The lowest BCUT2D eigenvalue weighted by Crippen LogP contribution is -2.36. The van der Waals surface area contributed by atoms with Gasteiger partial charge in [0.25, 0.3) is 0 Å². The molecule has 0 unspecified atom stereocenters. The lowest BCUT2D eigenvalue weighted by molar-refractivity contribution is -0.146. The summed E-state index contributed by atoms with van der Waals surface area (Å²) >= 11 is 0. The summed E-state index contributed by atoms with van der Waals surface area (Å²) in [6.07, 6.45) is 10.7. The van der Waals surface area contributed by atoms with E-state index in [4.69, 9.17) is 14.2 Å². The highest BCUT2D eigenvalue weighted by molar-refractivity contribution is 5.92. The summed E-state index contributed by atoms with van der Waals surface area (Å²) in [7, 11) is 1.54. The molecule has 0 aliphatic heterocycles. The third kappa shape index (κ3) is 8.47. The van der Waals surface area contributed by atoms with Gasteiger partial charge in [0.05, 0.1) is 13.7 Å². The van der Waals surface area contributed by atoms with E-state index in [1.54, 1.807) is 24.3 Å². The van der Waals surface area contributed by atoms with Gasteiger partial charge in [-0.25, -0.2) is 4.79 Å². The van der Waals surface area contributed by atoms with Crippen molar-refractivity contribution in [1.29, 1.82) is 0 Å². The smallest absolute Gasteiger partial charge is 0.344 e. The maximum absolute atomic E-state index is 12.2. The second-order valence-electron chi connectivity index (χ2n) is 7.93. The molecule has 0 spiro atoms. The Labute approximate surface area is 180 Å². The highest BCUT2D eigenvalue weighted by atomic mass is 16.6. The normalized spacial score (nSPS) is 18.8. The molecular formula is C24H35NO5. The molecule has 1 amide bonds. The summed E-state index contributed by atoms with van der Waals surface area (Å²) in [5, 5.41) is 3.07. The van der Waals surface area contributed by atoms with Crippen LogP contribution >= 0.6 is 0 Å². The number of unbranched alkanes of at least 4 members (excludes halogenated alkanes) is 2. The fraction of sp³-hybridized carbons (Fsp3) is 0.583. The first-order valence-electron chi connectivity index (χ1n) is 11.0. The predicted octanol–water partition coefficient (Wildman–Crippen LogP) is 4.52. The van der Waals surface area contributed by atoms with E-state index in [0.29, 0.717) is 18.1 Å². The van der Waals surface area contributed by atoms with Gasteiger partial charge in [0.1, 0.15) is 0 Å². The molecule has 2 rings (SSSR count). The van der Waals surface area contributed by atoms with E-state index in [-0.39, 0.29) is 18.6 Å². The standard InChI is InChI=1S/C24H35NO5/c1-4-5-6-15-29-24(27)17-30-21-13-9-19(16-22(21)28-3)10-14-23(26)25-20-11-7-18(2)8-12-20/h9-10,13-14,16,18,20H,4-8,11-12,15,17H2,1-3H3,(H,25,26)/b14-10+/t18-,20-. The molecule has 1 aliphatic carbocycles. The van der Waals surface area contributed by atoms with Gasteiger partial charge in [-0.05, 0) is 61.8 Å². The third-order valence-electron chi connectivity index (χ3n) is 5.33. The number of esters is 1. The lowest BCUT2D eigenvalue weighted by atomic mass is 9.87. The van der Waals surface area contributed by atoms with Crippen molar-refractivity contribution < 1.29 is 23.8 Å². The first-order chi connectivity index (χ1) is 14.5. The number of ether oxygens (including phenoxy) is 3. The van der Waals surface area contributed by atoms with Crippen LogP contribution in [-0.4, -0.2) is 38.2 Å². The molecule has 6 heteroatoms. The first kappa shape index (κ1) is 23.8. The van der Waals surface area contributed by atoms with Crippen LogP contribution in [0.5, 0.6) is 11.5 Å². The van der Waals surface area contributed by atoms with Gasteiger partial charge in [-0.1, -0.05) is 32.8 Å². The molecule has 0 atom stereocenters. The Hall–Kier alpha value is -2.50. The second kappa shape index (κ2) is 12.9. The van der Waals surface area contributed by atoms with Gasteiger partial charge in [-0.2, -0.15) is 0 Å². The van der Waals surface area contributed by atoms with Gasteiger partial charge >= 0.3 is 5.97 Å². The van der Waals surface area contributed by atoms with E-state index in [1.807, 2.05) is 6.07 Å². The van der Waals surface area contributed by atoms with Crippen molar-refractivity contribution in [2.45, 2.75) is 64.8 Å². The van der Waals surface area contributed by atoms with Crippen molar-refractivity contribution in [1.82, 2.24) is 5.32 Å². The zero-order chi connectivity index (χ0) is 21.8. The molecule has 1 N–H and O–H groups in total. The fourth-order valence-corrected chi connectivity index (χ4v) is 3.45. The molecule has 1 fully saturated rings. The molecule has 0 saturated heterocycles. The quantitative estimate of drug-likeness (QED) is 0.326. The molecule has 1 aliphatic rings. The summed E-state index contributed by atoms with van der Waals surface area (Å²) in [5.74, 6) is 1.23. The number of hydrogen-bond acceptors (Lipinski definition) is 5. The van der Waals surface area contributed by atoms with Crippen LogP contribution in [0, 0.1) is 5.92 Å². The summed E-state index contributed by atoms with van der Waals surface area (Å²) < 4.78 is 16.0. The Bertz CT molecular complexity index is 708. The number of carbonyl (C=O) groups excluding carboxylic acids is 2. The summed E-state index contributed by atoms with van der Waals surface area (Å²) in [5.41, 5.74) is 0.814. The van der Waals surface area contributed by atoms with Crippen molar-refractivity contribution in [3.8, 4) is 11.5 Å². The Kier molecular flexibility index (Phi) is 10.3. The molecular weight excluding hydrogens is 382 g/mol. The summed E-state index contributed by atoms with van der Waals surface area (Å²) in [6.45, 7) is 4.60. The predicted molar refractivity (Wildman–Crippen MR) is 118 cm³/mol. The largest absolute Gasteiger partial charge is 0.493 e. The van der Waals surface area contributed by atoms with E-state index in [0.717, 1.165) is 43.6 Å². The summed E-state index contributed by atoms with van der Waals surface area (Å²) in [4.78, 5) is 23.9. The number of methoxy groups -OCH3 is 1. The molecule has 6 nitrogen and oxygen atoms in total. The maximum atomic E-state index is 12.2. The van der Waals surface area contributed by atoms with E-state index in [9.17, 15) is 9.59 Å². The van der Waals surface area contributed by atoms with Crippen molar-refractivity contribution in [2.75, 3.05) is 20.3 Å². The van der Waals surface area contributed by atoms with Crippen molar-refractivity contribution >= 4 is 18.0 Å². The minimum atomic E-state index is -0.397. The highest BCUT2D eigenvalue weighted by Gasteiger charge is 2.18. The molecule has 0 bridgehead atoms. The lowest BCUT2D eigenvalue weighted by Gasteiger charge is -2.26. The van der Waals surface area contributed by atoms with Gasteiger partial charge < -0.3 is 19.5 Å². The number of rotatable bonds is 11. The second-order valence-corrected chi connectivity index (χ2v) is 7.93. The zero-order valence-electron chi connectivity index (χ0n) is 18.4. The van der Waals surface area contributed by atoms with Crippen LogP contribution in [0.4, 0.5) is 0 Å². The van der Waals surface area contributed by atoms with Crippen LogP contribution in [0.15, 0.2) is 24.3 Å². The van der Waals surface area contributed by atoms with E-state index in [2.05, 4.69) is 19.2 Å². The monoisotopic (exact) mass is 417 g/mol. The van der Waals surface area contributed by atoms with Crippen LogP contribution in [-0.2, 0) is 14.3 Å². The van der Waals surface area contributed by atoms with Crippen LogP contribution in [0.3, 0.4) is 0 Å². The Morgan fingerprint density at radius 2 is 1.90 bits per heavy atom. The molecule has 1 aromatic rings. The molecule has 166 valence electrons. The van der Waals surface area contributed by atoms with Gasteiger partial charge in [-0.15, -0.1) is 0 Å². The molecule has 30 heavy (non-hydrogen) atoms. The van der Waals surface area contributed by atoms with Gasteiger partial charge in [-0.3, -0.25) is 4.79 Å². The van der Waals surface area contributed by atoms with Crippen LogP contribution in [0.25, 0.3) is 6.08 Å². The Morgan fingerprint density at radius 3 is 2.60 bits per heavy atom. The zero-order valence-corrected chi connectivity index (χ0v) is 18.4. The fourth-order valence-electron chi connectivity index (χ4n) is 3.45. The minimum absolute atomic E-state index is 0.0836. The minimum Gasteiger partial charge on any atom is -0.493 e. The number of carbonyl (C=O) groups is 2. The van der Waals surface area contributed by atoms with Crippen molar-refractivity contribution in [2.24, 2.45) is 5.92 Å². The van der Waals surface area contributed by atoms with Gasteiger partial charge in [0, 0.05) is 12.1 Å². The number of nitrogens with one attached hydrogen (secondary N) is 1. The van der Waals surface area contributed by atoms with Gasteiger partial charge in [0.2, 0.25) is 5.91 Å². The van der Waals surface area contributed by atoms with Crippen molar-refractivity contribution in [3.63, 3.8) is 0 Å². The van der Waals surface area contributed by atoms with Crippen molar-refractivity contribution in [3.05, 3.63) is 29.8 Å². The third-order valence-corrected chi connectivity index (χ3v) is 5.33. The highest BCUT2D eigenvalue weighted by Crippen LogP contribution is 2.28. The average Bonchev–Trinajstić information content (AvgIpc) is 2.75. The number of amides is 1. The Balaban J connectivity index is 1.83. The SMILES string of the molecule is CCCCCOC(=O)COc1ccc(/C=C/C(=O)N[C@H]2CC[C@H](C)CC2)cc1OC.